The molecule has 162 valence electrons. The number of aliphatic hydroxyl groups excluding tert-OH is 2. The van der Waals surface area contributed by atoms with Crippen molar-refractivity contribution in [2.75, 3.05) is 6.61 Å². The van der Waals surface area contributed by atoms with Crippen LogP contribution in [0.15, 0.2) is 12.2 Å². The van der Waals surface area contributed by atoms with Crippen LogP contribution in [0.4, 0.5) is 57.1 Å². The van der Waals surface area contributed by atoms with Gasteiger partial charge in [0.1, 0.15) is 0 Å². The zero-order valence-corrected chi connectivity index (χ0v) is 12.7. The lowest BCUT2D eigenvalue weighted by atomic mass is 9.92. The van der Waals surface area contributed by atoms with Crippen molar-refractivity contribution in [3.8, 4) is 0 Å². The summed E-state index contributed by atoms with van der Waals surface area (Å²) in [5.41, 5.74) is 0. The third kappa shape index (κ3) is 4.43. The Labute approximate surface area is 142 Å². The van der Waals surface area contributed by atoms with Crippen molar-refractivity contribution in [2.45, 2.75) is 54.7 Å². The first-order chi connectivity index (χ1) is 11.7. The molecule has 0 saturated carbocycles. The maximum Gasteiger partial charge on any atom is 0.460 e. The fourth-order valence-corrected chi connectivity index (χ4v) is 1.49. The van der Waals surface area contributed by atoms with Crippen molar-refractivity contribution in [3.05, 3.63) is 12.2 Å². The second-order valence-electron chi connectivity index (χ2n) is 5.25. The molecule has 1 unspecified atom stereocenters. The second kappa shape index (κ2) is 7.64. The van der Waals surface area contributed by atoms with Crippen molar-refractivity contribution in [1.82, 2.24) is 0 Å². The number of rotatable bonds is 9. The van der Waals surface area contributed by atoms with E-state index in [0.717, 1.165) is 0 Å². The molecule has 2 N–H and O–H groups in total. The number of hydrogen-bond acceptors (Lipinski definition) is 2. The fourth-order valence-electron chi connectivity index (χ4n) is 1.49. The predicted octanol–water partition coefficient (Wildman–Crippen LogP) is 4.41. The molecule has 0 bridgehead atoms. The summed E-state index contributed by atoms with van der Waals surface area (Å²) in [6.45, 7) is -0.923. The average molecular weight is 434 g/mol. The number of halogens is 13. The Morgan fingerprint density at radius 2 is 1.04 bits per heavy atom. The van der Waals surface area contributed by atoms with E-state index < -0.39 is 61.3 Å². The monoisotopic (exact) mass is 434 g/mol. The van der Waals surface area contributed by atoms with Gasteiger partial charge in [-0.25, -0.2) is 0 Å². The molecule has 2 nitrogen and oxygen atoms in total. The molecule has 0 rings (SSSR count). The summed E-state index contributed by atoms with van der Waals surface area (Å²) in [5.74, 6) is -37.0. The van der Waals surface area contributed by atoms with E-state index in [4.69, 9.17) is 10.2 Å². The van der Waals surface area contributed by atoms with E-state index in [0.29, 0.717) is 6.08 Å². The molecular formula is C12H11F13O2. The van der Waals surface area contributed by atoms with Crippen molar-refractivity contribution in [2.24, 2.45) is 0 Å². The van der Waals surface area contributed by atoms with Gasteiger partial charge in [-0.3, -0.25) is 0 Å². The highest BCUT2D eigenvalue weighted by Gasteiger charge is 2.90. The summed E-state index contributed by atoms with van der Waals surface area (Å²) in [6.07, 6.45) is -11.8. The molecule has 0 radical (unpaired) electrons. The highest BCUT2D eigenvalue weighted by molar-refractivity contribution is 5.11. The summed E-state index contributed by atoms with van der Waals surface area (Å²) in [7, 11) is 0. The van der Waals surface area contributed by atoms with Crippen LogP contribution < -0.4 is 0 Å². The summed E-state index contributed by atoms with van der Waals surface area (Å²) < 4.78 is 166. The Morgan fingerprint density at radius 1 is 0.630 bits per heavy atom. The Morgan fingerprint density at radius 3 is 1.41 bits per heavy atom. The van der Waals surface area contributed by atoms with E-state index in [2.05, 4.69) is 0 Å². The first-order valence-corrected chi connectivity index (χ1v) is 6.60. The van der Waals surface area contributed by atoms with Gasteiger partial charge in [-0.05, 0) is 6.42 Å². The van der Waals surface area contributed by atoms with E-state index in [1.165, 1.54) is 0 Å². The minimum atomic E-state index is -7.91. The van der Waals surface area contributed by atoms with Crippen LogP contribution in [0.2, 0.25) is 0 Å². The molecule has 0 aromatic heterocycles. The number of aliphatic hydroxyl groups is 2. The number of alkyl halides is 13. The average Bonchev–Trinajstić information content (AvgIpc) is 2.49. The maximum atomic E-state index is 13.3. The normalized spacial score (nSPS) is 16.9. The molecule has 27 heavy (non-hydrogen) atoms. The predicted molar refractivity (Wildman–Crippen MR) is 62.3 cm³/mol. The van der Waals surface area contributed by atoms with Crippen LogP contribution >= 0.6 is 0 Å². The zero-order valence-electron chi connectivity index (χ0n) is 12.7. The lowest BCUT2D eigenvalue weighted by Crippen LogP contribution is -2.70. The van der Waals surface area contributed by atoms with Gasteiger partial charge in [0.15, 0.2) is 0 Å². The third-order valence-corrected chi connectivity index (χ3v) is 3.16. The van der Waals surface area contributed by atoms with Gasteiger partial charge in [-0.15, -0.1) is 0 Å². The number of allylic oxidation sites excluding steroid dienone is 1. The Hall–Kier alpha value is -1.25. The molecule has 0 aliphatic carbocycles. The van der Waals surface area contributed by atoms with Gasteiger partial charge in [0.25, 0.3) is 0 Å². The molecule has 0 aromatic carbocycles. The van der Waals surface area contributed by atoms with Gasteiger partial charge in [0.05, 0.1) is 12.7 Å². The standard InChI is InChI=1S/C12H11F13O2/c13-7(14,4-2-1-3-6(27)5-26)8(15,16)9(17,18)10(19,20)11(21,22)12(23,24)25/h1-2,6,26-27H,3-5H2/b2-1+. The van der Waals surface area contributed by atoms with Gasteiger partial charge in [-0.2, -0.15) is 57.1 Å². The van der Waals surface area contributed by atoms with Crippen LogP contribution in [-0.4, -0.2) is 58.7 Å². The van der Waals surface area contributed by atoms with Gasteiger partial charge in [0, 0.05) is 6.42 Å². The van der Waals surface area contributed by atoms with Crippen LogP contribution in [-0.2, 0) is 0 Å². The lowest BCUT2D eigenvalue weighted by molar-refractivity contribution is -0.439. The first-order valence-electron chi connectivity index (χ1n) is 6.60. The van der Waals surface area contributed by atoms with Crippen molar-refractivity contribution < 1.29 is 67.3 Å². The molecule has 15 heteroatoms. The zero-order chi connectivity index (χ0) is 22.1. The van der Waals surface area contributed by atoms with E-state index >= 15 is 0 Å². The highest BCUT2D eigenvalue weighted by Crippen LogP contribution is 2.60. The minimum Gasteiger partial charge on any atom is -0.394 e. The van der Waals surface area contributed by atoms with Crippen LogP contribution in [0.3, 0.4) is 0 Å². The van der Waals surface area contributed by atoms with E-state index in [1.54, 1.807) is 0 Å². The highest BCUT2D eigenvalue weighted by atomic mass is 19.4. The van der Waals surface area contributed by atoms with Crippen LogP contribution in [0.1, 0.15) is 12.8 Å². The summed E-state index contributed by atoms with van der Waals surface area (Å²) in [4.78, 5) is 0. The van der Waals surface area contributed by atoms with Gasteiger partial charge < -0.3 is 10.2 Å². The van der Waals surface area contributed by atoms with E-state index in [-0.39, 0.29) is 6.08 Å². The molecule has 0 saturated heterocycles. The van der Waals surface area contributed by atoms with Crippen molar-refractivity contribution in [3.63, 3.8) is 0 Å². The lowest BCUT2D eigenvalue weighted by Gasteiger charge is -2.39. The molecule has 0 heterocycles. The number of hydrogen-bond donors (Lipinski definition) is 2. The summed E-state index contributed by atoms with van der Waals surface area (Å²) >= 11 is 0. The quantitative estimate of drug-likeness (QED) is 0.417. The van der Waals surface area contributed by atoms with Gasteiger partial charge in [0.2, 0.25) is 0 Å². The molecule has 0 spiro atoms. The molecular weight excluding hydrogens is 423 g/mol. The van der Waals surface area contributed by atoms with Crippen LogP contribution in [0, 0.1) is 0 Å². The molecule has 0 aromatic rings. The van der Waals surface area contributed by atoms with E-state index in [9.17, 15) is 57.1 Å². The van der Waals surface area contributed by atoms with Crippen molar-refractivity contribution in [1.29, 1.82) is 0 Å². The summed E-state index contributed by atoms with van der Waals surface area (Å²) in [6, 6.07) is 0. The Kier molecular flexibility index (Phi) is 7.29. The topological polar surface area (TPSA) is 40.5 Å². The van der Waals surface area contributed by atoms with Gasteiger partial charge >= 0.3 is 35.8 Å². The van der Waals surface area contributed by atoms with Crippen LogP contribution in [0.25, 0.3) is 0 Å². The largest absolute Gasteiger partial charge is 0.460 e. The molecule has 1 atom stereocenters. The SMILES string of the molecule is OCC(O)C/C=C/CC(F)(F)C(F)(F)C(F)(F)C(F)(F)C(F)(F)C(F)(F)F. The molecule has 0 amide bonds. The minimum absolute atomic E-state index is 0.0388. The first kappa shape index (κ1) is 25.8. The molecule has 0 aliphatic rings. The Balaban J connectivity index is 5.81. The smallest absolute Gasteiger partial charge is 0.394 e. The fraction of sp³-hybridized carbons (Fsp3) is 0.833. The van der Waals surface area contributed by atoms with E-state index in [1.807, 2.05) is 0 Å². The Bertz CT molecular complexity index is 524. The van der Waals surface area contributed by atoms with Crippen LogP contribution in [0.5, 0.6) is 0 Å². The van der Waals surface area contributed by atoms with Gasteiger partial charge in [-0.1, -0.05) is 12.2 Å². The third-order valence-electron chi connectivity index (χ3n) is 3.16. The maximum absolute atomic E-state index is 13.3. The summed E-state index contributed by atoms with van der Waals surface area (Å²) in [5, 5.41) is 17.2. The molecule has 0 aliphatic heterocycles. The van der Waals surface area contributed by atoms with Crippen molar-refractivity contribution >= 4 is 0 Å². The molecule has 0 fully saturated rings. The second-order valence-corrected chi connectivity index (χ2v) is 5.25.